The summed E-state index contributed by atoms with van der Waals surface area (Å²) in [5, 5.41) is 72.2. The van der Waals surface area contributed by atoms with Gasteiger partial charge in [-0.25, -0.2) is 36.8 Å². The molecule has 648 valence electrons. The topological polar surface area (TPSA) is 349 Å². The number of carboxylic acids is 5. The molecule has 15 rings (SSSR count). The van der Waals surface area contributed by atoms with E-state index in [4.69, 9.17) is 58.0 Å². The Morgan fingerprint density at radius 1 is 0.344 bits per heavy atom. The van der Waals surface area contributed by atoms with Crippen LogP contribution in [-0.4, -0.2) is 93.7 Å². The number of benzene rings is 10. The Labute approximate surface area is 784 Å². The maximum absolute atomic E-state index is 13.7. The summed E-state index contributed by atoms with van der Waals surface area (Å²) in [5.41, 5.74) is 9.53. The predicted octanol–water partition coefficient (Wildman–Crippen LogP) is 26.8. The minimum atomic E-state index is -3.36. The number of carboxylic acid groups (broad SMARTS) is 5. The molecule has 10 N–H and O–H groups in total. The second-order valence-corrected chi connectivity index (χ2v) is 36.7. The van der Waals surface area contributed by atoms with E-state index >= 15 is 0 Å². The number of hydrogen-bond acceptors (Lipinski definition) is 17. The SMILES string of the molecule is C=C(Nc1csc(-c2ccc(Cl)cc2)c1C(=O)O)c1ccccc1Cl.CS(=O)(=O)c1ccc(C(=O)Nc2csc(-c3ccc(Br)cc3)c2C(=O)O)cc1.Cc1ccc(-c2scc(NC(=O)c3ccccc3Cl)c2C(=O)O)cc1.Cc1ccc(C(=O)Nc2csc(-c3cccc(Cl)c3)c2C(=O)O)cc1.O=C(Nc1csc(-c2ccc(Cl)cc2)c1C(=O)O)c1ccccc1F. The van der Waals surface area contributed by atoms with Gasteiger partial charge in [-0.1, -0.05) is 219 Å². The predicted molar refractivity (Wildman–Crippen MR) is 516 cm³/mol. The number of amides is 4. The zero-order valence-electron chi connectivity index (χ0n) is 66.5. The van der Waals surface area contributed by atoms with E-state index in [2.05, 4.69) is 49.1 Å². The number of thiophene rings is 5. The lowest BCUT2D eigenvalue weighted by atomic mass is 10.1. The standard InChI is InChI=1S/C19H14BrNO5S2.C19H13Cl2NO2S.2C19H14ClNO3S.C18H11ClFNO3S/c1-28(25,26)14-8-4-12(5-9-14)18(22)21-15-10-27-17(16(15)19(23)24)11-2-6-13(20)7-3-11;1-11(14-4-2-3-5-15(14)21)22-16-10-25-18(17(16)19(23)24)12-6-8-13(20)9-7-12;1-11-5-7-12(8-6-11)18(22)21-15-10-25-17(16(15)19(23)24)13-3-2-4-14(20)9-13;1-11-6-8-12(9-7-11)17-16(19(23)24)15(10-25-17)21-18(22)13-4-2-3-5-14(13)20;19-11-7-5-10(6-8-11)16-15(18(23)24)14(9-25-16)21-17(22)12-3-1-2-4-13(12)20/h2-10H,1H3,(H,21,22)(H,23,24);2-10,22H,1H2,(H,23,24);2*2-10H,1H3,(H,21,22)(H,23,24);1-9H,(H,21,22)(H,23,24). The third-order valence-corrected chi connectivity index (χ3v) is 26.5. The van der Waals surface area contributed by atoms with E-state index in [9.17, 15) is 81.5 Å². The molecule has 21 nitrogen and oxygen atoms in total. The van der Waals surface area contributed by atoms with Gasteiger partial charge in [0.2, 0.25) is 0 Å². The van der Waals surface area contributed by atoms with Crippen molar-refractivity contribution in [3.05, 3.63) is 378 Å². The molecule has 0 aliphatic heterocycles. The lowest BCUT2D eigenvalue weighted by Gasteiger charge is -2.11. The molecule has 5 heterocycles. The van der Waals surface area contributed by atoms with Crippen molar-refractivity contribution in [2.45, 2.75) is 18.7 Å². The van der Waals surface area contributed by atoms with Crippen LogP contribution in [0.5, 0.6) is 0 Å². The third kappa shape index (κ3) is 24.5. The summed E-state index contributed by atoms with van der Waals surface area (Å²) in [6, 6.07) is 67.4. The molecule has 34 heteroatoms. The van der Waals surface area contributed by atoms with Crippen LogP contribution in [-0.2, 0) is 9.84 Å². The normalized spacial score (nSPS) is 10.6. The summed E-state index contributed by atoms with van der Waals surface area (Å²) in [4.78, 5) is 111. The Hall–Kier alpha value is -12.7. The van der Waals surface area contributed by atoms with E-state index in [0.717, 1.165) is 44.1 Å². The van der Waals surface area contributed by atoms with E-state index < -0.39 is 63.2 Å². The Bertz CT molecular complexity index is 6470. The van der Waals surface area contributed by atoms with Crippen molar-refractivity contribution in [3.8, 4) is 52.2 Å². The fourth-order valence-electron chi connectivity index (χ4n) is 12.1. The van der Waals surface area contributed by atoms with Crippen molar-refractivity contribution in [1.82, 2.24) is 0 Å². The number of sulfone groups is 1. The number of rotatable bonds is 22. The van der Waals surface area contributed by atoms with Crippen molar-refractivity contribution >= 4 is 228 Å². The van der Waals surface area contributed by atoms with Crippen LogP contribution in [0, 0.1) is 19.7 Å². The van der Waals surface area contributed by atoms with Gasteiger partial charge in [-0.05, 0) is 157 Å². The number of hydrogen-bond donors (Lipinski definition) is 10. The van der Waals surface area contributed by atoms with Crippen molar-refractivity contribution in [2.75, 3.05) is 32.8 Å². The smallest absolute Gasteiger partial charge is 0.339 e. The van der Waals surface area contributed by atoms with Gasteiger partial charge in [0, 0.05) is 80.1 Å². The summed E-state index contributed by atoms with van der Waals surface area (Å²) in [6.07, 6.45) is 1.08. The molecule has 0 fully saturated rings. The number of anilines is 5. The first-order valence-corrected chi connectivity index (χ1v) is 46.2. The molecule has 4 amide bonds. The monoisotopic (exact) mass is 1990 g/mol. The summed E-state index contributed by atoms with van der Waals surface area (Å²) in [5.74, 6) is -8.24. The number of carbonyl (C=O) groups is 9. The van der Waals surface area contributed by atoms with Crippen LogP contribution in [0.1, 0.15) is 110 Å². The molecule has 0 atom stereocenters. The zero-order valence-corrected chi connectivity index (χ0v) is 76.8. The van der Waals surface area contributed by atoms with Crippen molar-refractivity contribution < 1.29 is 81.5 Å². The van der Waals surface area contributed by atoms with Crippen LogP contribution in [0.25, 0.3) is 57.9 Å². The number of halogens is 7. The van der Waals surface area contributed by atoms with Gasteiger partial charge in [0.1, 0.15) is 33.6 Å². The van der Waals surface area contributed by atoms with Crippen molar-refractivity contribution in [1.29, 1.82) is 0 Å². The minimum absolute atomic E-state index is 0.00780. The van der Waals surface area contributed by atoms with Gasteiger partial charge >= 0.3 is 29.8 Å². The average Bonchev–Trinajstić information content (AvgIpc) is 1.67. The molecule has 0 aliphatic carbocycles. The number of carbonyl (C=O) groups excluding carboxylic acids is 4. The molecule has 0 saturated heterocycles. The van der Waals surface area contributed by atoms with Crippen LogP contribution >= 0.6 is 131 Å². The molecule has 5 aromatic heterocycles. The van der Waals surface area contributed by atoms with Gasteiger partial charge in [0.15, 0.2) is 9.84 Å². The molecule has 0 saturated carbocycles. The second kappa shape index (κ2) is 43.7. The van der Waals surface area contributed by atoms with Crippen molar-refractivity contribution in [2.24, 2.45) is 0 Å². The maximum atomic E-state index is 13.7. The number of aromatic carboxylic acids is 5. The largest absolute Gasteiger partial charge is 0.478 e. The summed E-state index contributed by atoms with van der Waals surface area (Å²) in [6.45, 7) is 7.87. The fraction of sp³-hybridized carbons (Fsp3) is 0.0319. The molecule has 0 radical (unpaired) electrons. The first-order valence-electron chi connectivity index (χ1n) is 37.2. The summed E-state index contributed by atoms with van der Waals surface area (Å²) >= 11 is 39.6. The van der Waals surface area contributed by atoms with E-state index in [0.29, 0.717) is 83.1 Å². The van der Waals surface area contributed by atoms with E-state index in [1.165, 1.54) is 111 Å². The van der Waals surface area contributed by atoms with E-state index in [1.54, 1.807) is 149 Å². The van der Waals surface area contributed by atoms with E-state index in [-0.39, 0.29) is 72.5 Å². The minimum Gasteiger partial charge on any atom is -0.478 e. The molecular formula is C94H66BrCl5FN5O16S6. The van der Waals surface area contributed by atoms with Gasteiger partial charge in [-0.2, -0.15) is 0 Å². The quantitative estimate of drug-likeness (QED) is 0.0301. The Balaban J connectivity index is 0.000000155. The molecule has 0 spiro atoms. The van der Waals surface area contributed by atoms with Gasteiger partial charge in [0.25, 0.3) is 23.6 Å². The number of nitrogens with one attached hydrogen (secondary N) is 5. The fourth-order valence-corrected chi connectivity index (χ4v) is 18.9. The molecule has 128 heavy (non-hydrogen) atoms. The Morgan fingerprint density at radius 2 is 0.648 bits per heavy atom. The molecular weight excluding hydrogens is 1920 g/mol. The highest BCUT2D eigenvalue weighted by molar-refractivity contribution is 9.10. The Kier molecular flexibility index (Phi) is 32.7. The summed E-state index contributed by atoms with van der Waals surface area (Å²) < 4.78 is 37.6. The molecule has 10 aromatic carbocycles. The highest BCUT2D eigenvalue weighted by Crippen LogP contribution is 2.43. The van der Waals surface area contributed by atoms with Crippen LogP contribution < -0.4 is 26.6 Å². The zero-order chi connectivity index (χ0) is 92.4. The van der Waals surface area contributed by atoms with Gasteiger partial charge in [0.05, 0.1) is 73.9 Å². The third-order valence-electron chi connectivity index (χ3n) is 18.3. The lowest BCUT2D eigenvalue weighted by molar-refractivity contribution is 0.0688. The second-order valence-electron chi connectivity index (χ2n) is 27.2. The van der Waals surface area contributed by atoms with Gasteiger partial charge < -0.3 is 52.1 Å². The molecule has 0 aliphatic rings. The van der Waals surface area contributed by atoms with Gasteiger partial charge in [-0.3, -0.25) is 19.2 Å². The number of aryl methyl sites for hydroxylation is 2. The molecule has 0 unspecified atom stereocenters. The average molecular weight is 1990 g/mol. The first-order chi connectivity index (χ1) is 61.0. The summed E-state index contributed by atoms with van der Waals surface area (Å²) in [7, 11) is -3.36. The molecule has 15 aromatic rings. The van der Waals surface area contributed by atoms with E-state index in [1.807, 2.05) is 80.6 Å². The lowest BCUT2D eigenvalue weighted by Crippen LogP contribution is -2.15. The van der Waals surface area contributed by atoms with Crippen molar-refractivity contribution in [3.63, 3.8) is 0 Å². The van der Waals surface area contributed by atoms with Crippen LogP contribution in [0.3, 0.4) is 0 Å². The van der Waals surface area contributed by atoms with Crippen LogP contribution in [0.2, 0.25) is 25.1 Å². The Morgan fingerprint density at radius 3 is 1.01 bits per heavy atom. The first kappa shape index (κ1) is 95.9. The maximum Gasteiger partial charge on any atom is 0.339 e. The van der Waals surface area contributed by atoms with Crippen LogP contribution in [0.4, 0.5) is 32.8 Å². The highest BCUT2D eigenvalue weighted by Gasteiger charge is 2.28. The van der Waals surface area contributed by atoms with Crippen LogP contribution in [0.15, 0.2) is 286 Å². The molecule has 0 bridgehead atoms. The van der Waals surface area contributed by atoms with Gasteiger partial charge in [-0.15, -0.1) is 56.7 Å². The highest BCUT2D eigenvalue weighted by atomic mass is 79.9.